The highest BCUT2D eigenvalue weighted by Crippen LogP contribution is 2.69. The smallest absolute Gasteiger partial charge is 0.193 e. The van der Waals surface area contributed by atoms with E-state index >= 15 is 0 Å². The molecule has 3 heterocycles. The van der Waals surface area contributed by atoms with Crippen molar-refractivity contribution in [1.82, 2.24) is 9.88 Å². The van der Waals surface area contributed by atoms with Gasteiger partial charge in [0.05, 0.1) is 23.3 Å². The maximum Gasteiger partial charge on any atom is 0.193 e. The molecule has 220 valence electrons. The van der Waals surface area contributed by atoms with E-state index in [4.69, 9.17) is 10.5 Å². The Morgan fingerprint density at radius 3 is 2.86 bits per heavy atom. The van der Waals surface area contributed by atoms with E-state index in [0.717, 1.165) is 70.8 Å². The van der Waals surface area contributed by atoms with Crippen LogP contribution in [0.2, 0.25) is 0 Å². The average molecular weight is 578 g/mol. The van der Waals surface area contributed by atoms with Gasteiger partial charge in [0.1, 0.15) is 5.75 Å². The summed E-state index contributed by atoms with van der Waals surface area (Å²) in [6.07, 6.45) is 4.18. The number of hydrogen-bond acceptors (Lipinski definition) is 6. The summed E-state index contributed by atoms with van der Waals surface area (Å²) < 4.78 is 6.70. The quantitative estimate of drug-likeness (QED) is 0.154. The standard InChI is InChI=1S/C34H35N5O4/c35-32(36-16-19-2-1-3-22(40)12-19)37-21-7-8-25-23(14-21)24-15-34(42)27-13-20-6-9-26(41)30-28(20)33(34,31(43-30)29(24)38-25)10-11-39(27)17-18-4-5-18/h1-3,6-9,12,14,18,27,31,38,40-42H,4-5,10-11,13,15-17H2,(H3,35,36,37)/t27-,31+,33+,34-/m1/s1. The second kappa shape index (κ2) is 8.67. The van der Waals surface area contributed by atoms with Crippen molar-refractivity contribution in [2.45, 2.75) is 61.8 Å². The minimum absolute atomic E-state index is 0.0180. The number of aliphatic hydroxyl groups is 1. The molecule has 9 nitrogen and oxygen atoms in total. The Bertz CT molecular complexity index is 1850. The number of likely N-dealkylation sites (tertiary alicyclic amines) is 1. The molecular weight excluding hydrogens is 542 g/mol. The van der Waals surface area contributed by atoms with Crippen LogP contribution in [0.4, 0.5) is 5.69 Å². The van der Waals surface area contributed by atoms with Gasteiger partial charge < -0.3 is 36.1 Å². The number of nitrogens with zero attached hydrogens (tertiary/aromatic N) is 2. The fourth-order valence-corrected chi connectivity index (χ4v) is 8.72. The summed E-state index contributed by atoms with van der Waals surface area (Å²) in [5.41, 5.74) is 11.5. The number of guanidine groups is 1. The number of aromatic hydroxyl groups is 2. The summed E-state index contributed by atoms with van der Waals surface area (Å²) in [7, 11) is 0. The number of rotatable bonds is 5. The molecule has 0 unspecified atom stereocenters. The number of piperidine rings is 1. The molecular formula is C34H35N5O4. The van der Waals surface area contributed by atoms with E-state index in [9.17, 15) is 15.3 Å². The summed E-state index contributed by atoms with van der Waals surface area (Å²) >= 11 is 0. The molecule has 1 saturated heterocycles. The molecule has 9 heteroatoms. The van der Waals surface area contributed by atoms with Gasteiger partial charge in [-0.25, -0.2) is 4.99 Å². The predicted molar refractivity (Wildman–Crippen MR) is 164 cm³/mol. The molecule has 3 aliphatic carbocycles. The van der Waals surface area contributed by atoms with Gasteiger partial charge in [-0.1, -0.05) is 18.2 Å². The Kier molecular flexibility index (Phi) is 5.10. The van der Waals surface area contributed by atoms with Gasteiger partial charge in [-0.3, -0.25) is 4.90 Å². The SMILES string of the molecule is NC(=NCc1cccc(O)c1)Nc1ccc2[nH]c3c(c2c1)C[C@@]1(O)[C@H]2Cc4ccc(O)c5c4[C@@]1(CCN2CC1CC1)[C@H]3O5. The van der Waals surface area contributed by atoms with Crippen LogP contribution in [0.1, 0.15) is 53.3 Å². The second-order valence-corrected chi connectivity index (χ2v) is 13.2. The van der Waals surface area contributed by atoms with Gasteiger partial charge in [-0.15, -0.1) is 0 Å². The molecule has 2 bridgehead atoms. The molecule has 1 aromatic heterocycles. The zero-order chi connectivity index (χ0) is 29.1. The molecule has 3 aromatic carbocycles. The number of hydrogen-bond donors (Lipinski definition) is 6. The minimum atomic E-state index is -1.04. The molecule has 2 fully saturated rings. The van der Waals surface area contributed by atoms with Crippen LogP contribution in [0.15, 0.2) is 59.6 Å². The lowest BCUT2D eigenvalue weighted by atomic mass is 9.49. The van der Waals surface area contributed by atoms with Gasteiger partial charge in [0, 0.05) is 41.2 Å². The number of phenolic OH excluding ortho intramolecular Hbond substituents is 2. The molecule has 43 heavy (non-hydrogen) atoms. The topological polar surface area (TPSA) is 139 Å². The van der Waals surface area contributed by atoms with Crippen LogP contribution in [0.25, 0.3) is 10.9 Å². The summed E-state index contributed by atoms with van der Waals surface area (Å²) in [4.78, 5) is 10.7. The van der Waals surface area contributed by atoms with Gasteiger partial charge >= 0.3 is 0 Å². The number of benzene rings is 3. The fraction of sp³-hybridized carbons (Fsp3) is 0.382. The predicted octanol–water partition coefficient (Wildman–Crippen LogP) is 4.21. The highest BCUT2D eigenvalue weighted by atomic mass is 16.5. The number of anilines is 1. The second-order valence-electron chi connectivity index (χ2n) is 13.2. The minimum Gasteiger partial charge on any atom is -0.508 e. The third kappa shape index (κ3) is 3.49. The van der Waals surface area contributed by atoms with E-state index in [1.54, 1.807) is 24.3 Å². The van der Waals surface area contributed by atoms with Crippen LogP contribution in [0.3, 0.4) is 0 Å². The number of aromatic amines is 1. The summed E-state index contributed by atoms with van der Waals surface area (Å²) in [5.74, 6) is 1.89. The molecule has 2 aliphatic heterocycles. The maximum absolute atomic E-state index is 13.1. The van der Waals surface area contributed by atoms with Crippen molar-refractivity contribution in [3.05, 3.63) is 82.5 Å². The number of fused-ring (bicyclic) bond motifs is 4. The molecule has 5 aliphatic rings. The molecule has 0 radical (unpaired) electrons. The number of nitrogens with one attached hydrogen (secondary N) is 2. The largest absolute Gasteiger partial charge is 0.508 e. The van der Waals surface area contributed by atoms with Crippen LogP contribution in [0, 0.1) is 5.92 Å². The third-order valence-electron chi connectivity index (χ3n) is 10.8. The summed E-state index contributed by atoms with van der Waals surface area (Å²) in [5, 5.41) is 38.0. The first-order valence-corrected chi connectivity index (χ1v) is 15.3. The van der Waals surface area contributed by atoms with Gasteiger partial charge in [0.15, 0.2) is 23.6 Å². The highest BCUT2D eigenvalue weighted by molar-refractivity contribution is 5.96. The number of H-pyrrole nitrogens is 1. The first kappa shape index (κ1) is 25.3. The van der Waals surface area contributed by atoms with Crippen molar-refractivity contribution in [2.24, 2.45) is 16.6 Å². The van der Waals surface area contributed by atoms with Crippen LogP contribution in [0.5, 0.6) is 17.2 Å². The zero-order valence-corrected chi connectivity index (χ0v) is 23.8. The first-order valence-electron chi connectivity index (χ1n) is 15.3. The normalized spacial score (nSPS) is 28.8. The van der Waals surface area contributed by atoms with Crippen LogP contribution in [-0.4, -0.2) is 55.9 Å². The van der Waals surface area contributed by atoms with Crippen LogP contribution >= 0.6 is 0 Å². The lowest BCUT2D eigenvalue weighted by Gasteiger charge is -2.62. The molecule has 1 saturated carbocycles. The van der Waals surface area contributed by atoms with Crippen LogP contribution in [-0.2, 0) is 24.8 Å². The molecule has 1 spiro atoms. The molecule has 4 atom stereocenters. The Morgan fingerprint density at radius 1 is 1.14 bits per heavy atom. The number of nitrogens with two attached hydrogens (primary N) is 1. The van der Waals surface area contributed by atoms with E-state index < -0.39 is 17.1 Å². The molecule has 0 amide bonds. The van der Waals surface area contributed by atoms with Crippen molar-refractivity contribution in [1.29, 1.82) is 0 Å². The number of aliphatic imine (C=N–C) groups is 1. The Labute approximate surface area is 249 Å². The van der Waals surface area contributed by atoms with E-state index in [0.29, 0.717) is 18.7 Å². The van der Waals surface area contributed by atoms with Gasteiger partial charge in [0.2, 0.25) is 0 Å². The first-order chi connectivity index (χ1) is 20.8. The fourth-order valence-electron chi connectivity index (χ4n) is 8.72. The molecule has 7 N–H and O–H groups in total. The number of ether oxygens (including phenoxy) is 1. The lowest BCUT2D eigenvalue weighted by molar-refractivity contribution is -0.173. The van der Waals surface area contributed by atoms with E-state index in [2.05, 4.69) is 26.3 Å². The monoisotopic (exact) mass is 577 g/mol. The Morgan fingerprint density at radius 2 is 2.02 bits per heavy atom. The summed E-state index contributed by atoms with van der Waals surface area (Å²) in [6, 6.07) is 16.8. The number of aromatic nitrogens is 1. The summed E-state index contributed by atoms with van der Waals surface area (Å²) in [6.45, 7) is 2.30. The Hall–Kier alpha value is -4.21. The van der Waals surface area contributed by atoms with E-state index in [-0.39, 0.29) is 23.5 Å². The van der Waals surface area contributed by atoms with Crippen molar-refractivity contribution < 1.29 is 20.1 Å². The third-order valence-corrected chi connectivity index (χ3v) is 10.8. The number of phenols is 2. The highest BCUT2D eigenvalue weighted by Gasteiger charge is 2.72. The van der Waals surface area contributed by atoms with Crippen molar-refractivity contribution >= 4 is 22.5 Å². The van der Waals surface area contributed by atoms with Crippen molar-refractivity contribution in [2.75, 3.05) is 18.4 Å². The van der Waals surface area contributed by atoms with Crippen LogP contribution < -0.4 is 15.8 Å². The van der Waals surface area contributed by atoms with Gasteiger partial charge in [-0.2, -0.15) is 0 Å². The molecule has 9 rings (SSSR count). The zero-order valence-electron chi connectivity index (χ0n) is 23.8. The molecule has 4 aromatic rings. The van der Waals surface area contributed by atoms with Gasteiger partial charge in [0.25, 0.3) is 0 Å². The lowest BCUT2D eigenvalue weighted by Crippen LogP contribution is -2.74. The van der Waals surface area contributed by atoms with Gasteiger partial charge in [-0.05, 0) is 91.2 Å². The Balaban J connectivity index is 1.12. The van der Waals surface area contributed by atoms with Crippen molar-refractivity contribution in [3.8, 4) is 17.2 Å². The van der Waals surface area contributed by atoms with Crippen molar-refractivity contribution in [3.63, 3.8) is 0 Å². The maximum atomic E-state index is 13.1. The average Bonchev–Trinajstić information content (AvgIpc) is 3.63. The van der Waals surface area contributed by atoms with E-state index in [1.165, 1.54) is 18.4 Å². The van der Waals surface area contributed by atoms with E-state index in [1.807, 2.05) is 24.3 Å².